The Labute approximate surface area is 99.7 Å². The Morgan fingerprint density at radius 2 is 1.57 bits per heavy atom. The number of hydrogen-bond donors (Lipinski definition) is 2. The van der Waals surface area contributed by atoms with Crippen LogP contribution < -0.4 is 11.2 Å². The van der Waals surface area contributed by atoms with Gasteiger partial charge in [0.1, 0.15) is 0 Å². The van der Waals surface area contributed by atoms with E-state index in [1.807, 2.05) is 21.0 Å². The molecule has 0 unspecified atom stereocenters. The van der Waals surface area contributed by atoms with Crippen LogP contribution in [0.4, 0.5) is 9.59 Å². The molecule has 1 aliphatic heterocycles. The zero-order chi connectivity index (χ0) is 11.0. The van der Waals surface area contributed by atoms with Crippen LogP contribution in [0.15, 0.2) is 0 Å². The second-order valence-electron chi connectivity index (χ2n) is 2.77. The zero-order valence-corrected chi connectivity index (χ0v) is 11.1. The normalized spacial score (nSPS) is 16.3. The molecular weight excluding hydrogens is 316 g/mol. The van der Waals surface area contributed by atoms with Gasteiger partial charge < -0.3 is 0 Å². The molecule has 0 atom stereocenters. The predicted octanol–water partition coefficient (Wildman–Crippen LogP) is -0.501. The van der Waals surface area contributed by atoms with Crippen molar-refractivity contribution in [3.05, 3.63) is 0 Å². The quantitative estimate of drug-likeness (QED) is 0.637. The molecule has 1 saturated heterocycles. The fourth-order valence-electron chi connectivity index (χ4n) is 1.13. The second-order valence-corrected chi connectivity index (χ2v) is 4.39. The molecule has 2 amide bonds. The third kappa shape index (κ3) is 10.0. The van der Waals surface area contributed by atoms with Crippen molar-refractivity contribution in [1.82, 2.24) is 10.4 Å². The van der Waals surface area contributed by atoms with Crippen LogP contribution in [-0.4, -0.2) is 59.7 Å². The van der Waals surface area contributed by atoms with Crippen molar-refractivity contribution >= 4 is 41.6 Å². The third-order valence-electron chi connectivity index (χ3n) is 1.61. The average Bonchev–Trinajstić information content (AvgIpc) is 2.03. The number of carbonyl (C=O) groups excluding carboxylic acids is 2. The van der Waals surface area contributed by atoms with E-state index >= 15 is 0 Å². The summed E-state index contributed by atoms with van der Waals surface area (Å²) in [6, 6.07) is 0. The molecule has 7 heteroatoms. The van der Waals surface area contributed by atoms with Gasteiger partial charge in [0, 0.05) is 0 Å². The van der Waals surface area contributed by atoms with Gasteiger partial charge in [-0.1, -0.05) is 0 Å². The van der Waals surface area contributed by atoms with E-state index in [9.17, 15) is 4.79 Å². The van der Waals surface area contributed by atoms with E-state index in [4.69, 9.17) is 4.79 Å². The maximum atomic E-state index is 10.5. The molecule has 2 radical (unpaired) electrons. The third-order valence-corrected chi connectivity index (χ3v) is 1.80. The molecule has 14 heavy (non-hydrogen) atoms. The molecule has 0 aromatic heterocycles. The molecule has 0 spiro atoms. The Morgan fingerprint density at radius 3 is 1.93 bits per heavy atom. The standard InChI is InChI=1S/C6H11N2OSe.CH2NOSe/c9-6(10)7-8-4-2-1-3-5-8;2-1(3)4/h1-5H2,(H,7,9);(H2,2,3). The Balaban J connectivity index is 0.000000364. The van der Waals surface area contributed by atoms with E-state index < -0.39 is 4.81 Å². The van der Waals surface area contributed by atoms with Crippen molar-refractivity contribution in [2.75, 3.05) is 13.1 Å². The number of rotatable bonds is 1. The van der Waals surface area contributed by atoms with E-state index in [-0.39, 0.29) is 4.81 Å². The molecule has 0 aromatic carbocycles. The second kappa shape index (κ2) is 8.26. The summed E-state index contributed by atoms with van der Waals surface area (Å²) in [5, 5.41) is 1.96. The van der Waals surface area contributed by atoms with E-state index in [0.717, 1.165) is 13.1 Å². The Kier molecular flexibility index (Phi) is 8.23. The summed E-state index contributed by atoms with van der Waals surface area (Å²) in [5.41, 5.74) is 7.14. The van der Waals surface area contributed by atoms with E-state index in [1.54, 1.807) is 0 Å². The van der Waals surface area contributed by atoms with Crippen LogP contribution in [0.2, 0.25) is 0 Å². The summed E-state index contributed by atoms with van der Waals surface area (Å²) >= 11 is 4.44. The molecular formula is C7H13N3O2Se2. The van der Waals surface area contributed by atoms with E-state index in [2.05, 4.69) is 27.2 Å². The summed E-state index contributed by atoms with van der Waals surface area (Å²) in [7, 11) is 0. The Hall–Kier alpha value is -0.0610. The molecule has 0 aromatic rings. The van der Waals surface area contributed by atoms with Crippen LogP contribution in [-0.2, 0) is 0 Å². The SMILES string of the molecule is NC(=O)[Se].O=C([Se])NN1CCCCC1. The fraction of sp³-hybridized carbons (Fsp3) is 0.714. The van der Waals surface area contributed by atoms with Crippen molar-refractivity contribution in [2.45, 2.75) is 19.3 Å². The number of amides is 2. The van der Waals surface area contributed by atoms with Crippen LogP contribution in [0.25, 0.3) is 0 Å². The Bertz CT molecular complexity index is 191. The fourth-order valence-corrected chi connectivity index (χ4v) is 1.41. The number of hydrazine groups is 1. The summed E-state index contributed by atoms with van der Waals surface area (Å²) < 4.78 is 0. The van der Waals surface area contributed by atoms with Crippen LogP contribution in [0.5, 0.6) is 0 Å². The summed E-state index contributed by atoms with van der Waals surface area (Å²) in [5.74, 6) is 0. The first kappa shape index (κ1) is 13.9. The van der Waals surface area contributed by atoms with Gasteiger partial charge in [0.15, 0.2) is 0 Å². The molecule has 80 valence electrons. The van der Waals surface area contributed by atoms with Crippen LogP contribution in [0.3, 0.4) is 0 Å². The van der Waals surface area contributed by atoms with Crippen LogP contribution in [0, 0.1) is 0 Å². The first-order valence-electron chi connectivity index (χ1n) is 4.21. The molecule has 1 rings (SSSR count). The zero-order valence-electron chi connectivity index (χ0n) is 7.69. The number of nitrogens with two attached hydrogens (primary N) is 1. The monoisotopic (exact) mass is 331 g/mol. The summed E-state index contributed by atoms with van der Waals surface area (Å²) in [6.45, 7) is 1.99. The van der Waals surface area contributed by atoms with Gasteiger partial charge in [-0.3, -0.25) is 0 Å². The van der Waals surface area contributed by atoms with Crippen LogP contribution >= 0.6 is 0 Å². The van der Waals surface area contributed by atoms with Gasteiger partial charge >= 0.3 is 99.7 Å². The van der Waals surface area contributed by atoms with Gasteiger partial charge in [-0.15, -0.1) is 0 Å². The van der Waals surface area contributed by atoms with Gasteiger partial charge in [0.2, 0.25) is 0 Å². The molecule has 3 N–H and O–H groups in total. The minimum absolute atomic E-state index is 0.0816. The Morgan fingerprint density at radius 1 is 1.14 bits per heavy atom. The molecule has 1 fully saturated rings. The number of piperidine rings is 1. The minimum atomic E-state index is -0.458. The van der Waals surface area contributed by atoms with Gasteiger partial charge in [0.05, 0.1) is 0 Å². The topological polar surface area (TPSA) is 75.4 Å². The van der Waals surface area contributed by atoms with Crippen molar-refractivity contribution in [1.29, 1.82) is 0 Å². The van der Waals surface area contributed by atoms with E-state index in [1.165, 1.54) is 19.3 Å². The summed E-state index contributed by atoms with van der Waals surface area (Å²) in [4.78, 5) is 19.1. The maximum absolute atomic E-state index is 10.5. The van der Waals surface area contributed by atoms with Gasteiger partial charge in [-0.05, 0) is 0 Å². The summed E-state index contributed by atoms with van der Waals surface area (Å²) in [6.07, 6.45) is 3.68. The number of primary amides is 1. The average molecular weight is 329 g/mol. The first-order chi connectivity index (χ1) is 6.52. The number of nitrogens with zero attached hydrogens (tertiary/aromatic N) is 1. The first-order valence-corrected chi connectivity index (χ1v) is 5.92. The van der Waals surface area contributed by atoms with Gasteiger partial charge in [-0.2, -0.15) is 0 Å². The molecule has 1 aliphatic rings. The van der Waals surface area contributed by atoms with Crippen molar-refractivity contribution in [2.24, 2.45) is 5.73 Å². The molecule has 0 bridgehead atoms. The van der Waals surface area contributed by atoms with Gasteiger partial charge in [0.25, 0.3) is 0 Å². The number of carbonyl (C=O) groups is 2. The molecule has 0 saturated carbocycles. The van der Waals surface area contributed by atoms with Crippen molar-refractivity contribution < 1.29 is 9.59 Å². The van der Waals surface area contributed by atoms with Gasteiger partial charge in [-0.25, -0.2) is 0 Å². The number of hydrogen-bond acceptors (Lipinski definition) is 3. The molecule has 1 heterocycles. The predicted molar refractivity (Wildman–Crippen MR) is 55.0 cm³/mol. The van der Waals surface area contributed by atoms with E-state index in [0.29, 0.717) is 0 Å². The van der Waals surface area contributed by atoms with Crippen molar-refractivity contribution in [3.63, 3.8) is 0 Å². The number of nitrogens with one attached hydrogen (secondary N) is 1. The molecule has 0 aliphatic carbocycles. The molecule has 5 nitrogen and oxygen atoms in total. The van der Waals surface area contributed by atoms with Crippen LogP contribution in [0.1, 0.15) is 19.3 Å². The van der Waals surface area contributed by atoms with Crippen molar-refractivity contribution in [3.8, 4) is 0 Å².